The summed E-state index contributed by atoms with van der Waals surface area (Å²) < 4.78 is 0. The minimum absolute atomic E-state index is 0.00883. The Morgan fingerprint density at radius 1 is 1.24 bits per heavy atom. The van der Waals surface area contributed by atoms with Crippen molar-refractivity contribution in [1.29, 1.82) is 0 Å². The monoisotopic (exact) mass is 326 g/mol. The number of nitrogens with one attached hydrogen (secondary N) is 1. The van der Waals surface area contributed by atoms with Crippen molar-refractivity contribution < 1.29 is 4.79 Å². The molecule has 2 aliphatic rings. The highest BCUT2D eigenvalue weighted by atomic mass is 35.5. The number of halogens is 2. The van der Waals surface area contributed by atoms with Crippen molar-refractivity contribution in [1.82, 2.24) is 5.32 Å². The van der Waals surface area contributed by atoms with Crippen molar-refractivity contribution in [3.05, 3.63) is 33.8 Å². The maximum atomic E-state index is 12.3. The van der Waals surface area contributed by atoms with Crippen LogP contribution in [0, 0.1) is 17.8 Å². The largest absolute Gasteiger partial charge is 0.355 e. The van der Waals surface area contributed by atoms with E-state index < -0.39 is 0 Å². The number of nitrogens with two attached hydrogens (primary N) is 1. The van der Waals surface area contributed by atoms with Gasteiger partial charge in [0.25, 0.3) is 0 Å². The van der Waals surface area contributed by atoms with Gasteiger partial charge < -0.3 is 11.1 Å². The van der Waals surface area contributed by atoms with E-state index in [0.29, 0.717) is 34.8 Å². The Kier molecular flexibility index (Phi) is 4.43. The van der Waals surface area contributed by atoms with Crippen LogP contribution in [0.15, 0.2) is 18.2 Å². The van der Waals surface area contributed by atoms with E-state index in [1.165, 1.54) is 6.42 Å². The zero-order chi connectivity index (χ0) is 15.0. The van der Waals surface area contributed by atoms with Crippen LogP contribution in [0.3, 0.4) is 0 Å². The molecule has 1 amide bonds. The van der Waals surface area contributed by atoms with Crippen molar-refractivity contribution in [2.75, 3.05) is 6.54 Å². The van der Waals surface area contributed by atoms with Gasteiger partial charge in [-0.2, -0.15) is 0 Å². The maximum absolute atomic E-state index is 12.3. The fourth-order valence-corrected chi connectivity index (χ4v) is 4.51. The molecule has 114 valence electrons. The first-order chi connectivity index (χ1) is 10.1. The van der Waals surface area contributed by atoms with Crippen LogP contribution in [0.25, 0.3) is 0 Å². The average molecular weight is 327 g/mol. The lowest BCUT2D eigenvalue weighted by Gasteiger charge is -2.27. The van der Waals surface area contributed by atoms with Crippen LogP contribution < -0.4 is 11.1 Å². The van der Waals surface area contributed by atoms with Crippen molar-refractivity contribution in [2.24, 2.45) is 23.5 Å². The van der Waals surface area contributed by atoms with Crippen molar-refractivity contribution in [3.63, 3.8) is 0 Å². The Morgan fingerprint density at radius 2 is 1.90 bits per heavy atom. The fourth-order valence-electron chi connectivity index (χ4n) is 3.92. The summed E-state index contributed by atoms with van der Waals surface area (Å²) >= 11 is 12.3. The predicted octanol–water partition coefficient (Wildman–Crippen LogP) is 3.03. The van der Waals surface area contributed by atoms with Gasteiger partial charge in [-0.1, -0.05) is 29.3 Å². The number of carbonyl (C=O) groups is 1. The van der Waals surface area contributed by atoms with Gasteiger partial charge >= 0.3 is 0 Å². The first-order valence-electron chi connectivity index (χ1n) is 7.54. The molecule has 4 atom stereocenters. The van der Waals surface area contributed by atoms with Crippen LogP contribution in [0.5, 0.6) is 0 Å². The van der Waals surface area contributed by atoms with E-state index in [2.05, 4.69) is 5.32 Å². The highest BCUT2D eigenvalue weighted by Crippen LogP contribution is 2.47. The third-order valence-corrected chi connectivity index (χ3v) is 5.73. The number of amides is 1. The van der Waals surface area contributed by atoms with E-state index in [1.807, 2.05) is 18.2 Å². The Hall–Kier alpha value is -0.770. The van der Waals surface area contributed by atoms with E-state index in [4.69, 9.17) is 28.9 Å². The third-order valence-electron chi connectivity index (χ3n) is 5.02. The zero-order valence-corrected chi connectivity index (χ0v) is 13.3. The van der Waals surface area contributed by atoms with Crippen LogP contribution in [0.2, 0.25) is 10.0 Å². The number of fused-ring (bicyclic) bond motifs is 2. The minimum Gasteiger partial charge on any atom is -0.355 e. The summed E-state index contributed by atoms with van der Waals surface area (Å²) in [4.78, 5) is 12.3. The molecule has 3 rings (SSSR count). The summed E-state index contributed by atoms with van der Waals surface area (Å²) in [6.07, 6.45) is 4.09. The van der Waals surface area contributed by atoms with Gasteiger partial charge in [0.1, 0.15) is 0 Å². The number of rotatable bonds is 4. The molecule has 0 saturated heterocycles. The molecule has 0 aromatic heterocycles. The number of hydrogen-bond donors (Lipinski definition) is 2. The Balaban J connectivity index is 1.55. The quantitative estimate of drug-likeness (QED) is 0.893. The highest BCUT2D eigenvalue weighted by molar-refractivity contribution is 6.35. The normalized spacial score (nSPS) is 30.6. The van der Waals surface area contributed by atoms with Crippen molar-refractivity contribution in [2.45, 2.75) is 31.7 Å². The lowest BCUT2D eigenvalue weighted by atomic mass is 9.84. The molecule has 0 radical (unpaired) electrons. The van der Waals surface area contributed by atoms with Gasteiger partial charge in [0.2, 0.25) is 5.91 Å². The summed E-state index contributed by atoms with van der Waals surface area (Å²) in [6.45, 7) is 0.545. The molecule has 1 aromatic carbocycles. The number of hydrogen-bond acceptors (Lipinski definition) is 2. The SMILES string of the molecule is NC1C2CCC(C2)C1C(=O)NCCc1c(Cl)cccc1Cl. The van der Waals surface area contributed by atoms with Crippen LogP contribution in [0.4, 0.5) is 0 Å². The van der Waals surface area contributed by atoms with Crippen molar-refractivity contribution >= 4 is 29.1 Å². The molecule has 2 aliphatic carbocycles. The topological polar surface area (TPSA) is 55.1 Å². The second-order valence-electron chi connectivity index (χ2n) is 6.18. The summed E-state index contributed by atoms with van der Waals surface area (Å²) in [5.74, 6) is 1.11. The number of benzene rings is 1. The maximum Gasteiger partial charge on any atom is 0.224 e. The lowest BCUT2D eigenvalue weighted by molar-refractivity contribution is -0.127. The molecule has 3 nitrogen and oxygen atoms in total. The number of carbonyl (C=O) groups excluding carboxylic acids is 1. The third kappa shape index (κ3) is 2.92. The lowest BCUT2D eigenvalue weighted by Crippen LogP contribution is -2.45. The molecule has 2 bridgehead atoms. The van der Waals surface area contributed by atoms with Gasteiger partial charge in [0.15, 0.2) is 0 Å². The molecular formula is C16H20Cl2N2O. The van der Waals surface area contributed by atoms with Gasteiger partial charge in [-0.15, -0.1) is 0 Å². The van der Waals surface area contributed by atoms with Crippen LogP contribution in [-0.4, -0.2) is 18.5 Å². The second kappa shape index (κ2) is 6.15. The zero-order valence-electron chi connectivity index (χ0n) is 11.8. The predicted molar refractivity (Wildman–Crippen MR) is 85.5 cm³/mol. The summed E-state index contributed by atoms with van der Waals surface area (Å²) in [6, 6.07) is 5.49. The van der Waals surface area contributed by atoms with Gasteiger partial charge in [0.05, 0.1) is 5.92 Å². The molecule has 4 unspecified atom stereocenters. The summed E-state index contributed by atoms with van der Waals surface area (Å²) in [5, 5.41) is 4.30. The molecule has 5 heteroatoms. The van der Waals surface area contributed by atoms with Gasteiger partial charge in [-0.3, -0.25) is 4.79 Å². The Morgan fingerprint density at radius 3 is 2.52 bits per heavy atom. The van der Waals surface area contributed by atoms with Crippen LogP contribution >= 0.6 is 23.2 Å². The van der Waals surface area contributed by atoms with Gasteiger partial charge in [0, 0.05) is 22.6 Å². The molecule has 1 aromatic rings. The molecule has 0 aliphatic heterocycles. The molecular weight excluding hydrogens is 307 g/mol. The van der Waals surface area contributed by atoms with E-state index >= 15 is 0 Å². The van der Waals surface area contributed by atoms with Gasteiger partial charge in [-0.25, -0.2) is 0 Å². The Labute approximate surface area is 135 Å². The fraction of sp³-hybridized carbons (Fsp3) is 0.562. The second-order valence-corrected chi connectivity index (χ2v) is 6.99. The Bertz CT molecular complexity index is 527. The van der Waals surface area contributed by atoms with Crippen molar-refractivity contribution in [3.8, 4) is 0 Å². The standard InChI is InChI=1S/C16H20Cl2N2O/c17-12-2-1-3-13(18)11(12)6-7-20-16(21)14-9-4-5-10(8-9)15(14)19/h1-3,9-10,14-15H,4-8,19H2,(H,20,21). The van der Waals surface area contributed by atoms with E-state index in [0.717, 1.165) is 18.4 Å². The first kappa shape index (κ1) is 15.1. The highest BCUT2D eigenvalue weighted by Gasteiger charge is 2.48. The first-order valence-corrected chi connectivity index (χ1v) is 8.29. The van der Waals surface area contributed by atoms with Gasteiger partial charge in [-0.05, 0) is 55.2 Å². The van der Waals surface area contributed by atoms with E-state index in [-0.39, 0.29) is 17.9 Å². The minimum atomic E-state index is -0.00883. The average Bonchev–Trinajstić information content (AvgIpc) is 3.02. The van der Waals surface area contributed by atoms with Crippen LogP contribution in [0.1, 0.15) is 24.8 Å². The molecule has 0 spiro atoms. The smallest absolute Gasteiger partial charge is 0.224 e. The molecule has 2 saturated carbocycles. The molecule has 21 heavy (non-hydrogen) atoms. The molecule has 2 fully saturated rings. The summed E-state index contributed by atoms with van der Waals surface area (Å²) in [7, 11) is 0. The van der Waals surface area contributed by atoms with E-state index in [9.17, 15) is 4.79 Å². The molecule has 0 heterocycles. The molecule has 3 N–H and O–H groups in total. The van der Waals surface area contributed by atoms with Crippen LogP contribution in [-0.2, 0) is 11.2 Å². The summed E-state index contributed by atoms with van der Waals surface area (Å²) in [5.41, 5.74) is 7.08. The van der Waals surface area contributed by atoms with E-state index in [1.54, 1.807) is 0 Å².